The Kier molecular flexibility index (Phi) is 7.00. The van der Waals surface area contributed by atoms with Crippen LogP contribution in [-0.2, 0) is 4.79 Å². The summed E-state index contributed by atoms with van der Waals surface area (Å²) in [6.07, 6.45) is 2.79. The highest BCUT2D eigenvalue weighted by Crippen LogP contribution is 2.17. The van der Waals surface area contributed by atoms with Crippen molar-refractivity contribution in [1.29, 1.82) is 0 Å². The van der Waals surface area contributed by atoms with Crippen LogP contribution in [0.4, 0.5) is 0 Å². The fourth-order valence-corrected chi connectivity index (χ4v) is 1.88. The molecule has 1 amide bonds. The zero-order valence-electron chi connectivity index (χ0n) is 10.6. The average Bonchev–Trinajstić information content (AvgIpc) is 2.17. The second-order valence-electron chi connectivity index (χ2n) is 5.17. The summed E-state index contributed by atoms with van der Waals surface area (Å²) < 4.78 is 0. The zero-order chi connectivity index (χ0) is 11.4. The number of hydrogen-bond donors (Lipinski definition) is 1. The van der Waals surface area contributed by atoms with Crippen molar-refractivity contribution in [3.05, 3.63) is 0 Å². The Morgan fingerprint density at radius 3 is 2.56 bits per heavy atom. The van der Waals surface area contributed by atoms with E-state index in [9.17, 15) is 4.79 Å². The lowest BCUT2D eigenvalue weighted by atomic mass is 9.93. The lowest BCUT2D eigenvalue weighted by molar-refractivity contribution is -0.133. The number of nitrogens with zero attached hydrogens (tertiary/aromatic N) is 1. The third kappa shape index (κ3) is 4.71. The Morgan fingerprint density at radius 1 is 1.44 bits per heavy atom. The molecule has 0 aromatic rings. The third-order valence-electron chi connectivity index (χ3n) is 3.45. The average molecular weight is 249 g/mol. The first-order valence-electron chi connectivity index (χ1n) is 6.04. The van der Waals surface area contributed by atoms with Crippen molar-refractivity contribution in [3.8, 4) is 0 Å². The van der Waals surface area contributed by atoms with E-state index in [2.05, 4.69) is 20.8 Å². The summed E-state index contributed by atoms with van der Waals surface area (Å²) in [5.41, 5.74) is 5.86. The van der Waals surface area contributed by atoms with Crippen LogP contribution in [0.3, 0.4) is 0 Å². The summed E-state index contributed by atoms with van der Waals surface area (Å²) in [7, 11) is 0. The van der Waals surface area contributed by atoms with Gasteiger partial charge in [0, 0.05) is 25.6 Å². The first-order valence-corrected chi connectivity index (χ1v) is 6.04. The molecule has 1 saturated heterocycles. The molecule has 0 radical (unpaired) electrons. The van der Waals surface area contributed by atoms with Gasteiger partial charge in [-0.3, -0.25) is 4.79 Å². The van der Waals surface area contributed by atoms with Crippen molar-refractivity contribution in [2.75, 3.05) is 13.1 Å². The van der Waals surface area contributed by atoms with Crippen LogP contribution in [0.5, 0.6) is 0 Å². The third-order valence-corrected chi connectivity index (χ3v) is 3.45. The van der Waals surface area contributed by atoms with Crippen LogP contribution in [0, 0.1) is 11.8 Å². The minimum absolute atomic E-state index is 0. The van der Waals surface area contributed by atoms with Gasteiger partial charge in [-0.2, -0.15) is 0 Å². The molecule has 1 heterocycles. The number of amides is 1. The molecule has 0 aromatic heterocycles. The van der Waals surface area contributed by atoms with Gasteiger partial charge in [0.1, 0.15) is 0 Å². The summed E-state index contributed by atoms with van der Waals surface area (Å²) in [5, 5.41) is 0. The number of hydrogen-bond acceptors (Lipinski definition) is 2. The molecular formula is C12H25ClN2O. The maximum atomic E-state index is 11.9. The predicted molar refractivity (Wildman–Crippen MR) is 69.7 cm³/mol. The summed E-state index contributed by atoms with van der Waals surface area (Å²) in [5.74, 6) is 1.33. The topological polar surface area (TPSA) is 46.3 Å². The second-order valence-corrected chi connectivity index (χ2v) is 5.17. The van der Waals surface area contributed by atoms with Crippen LogP contribution >= 0.6 is 12.4 Å². The molecule has 0 bridgehead atoms. The lowest BCUT2D eigenvalue weighted by Gasteiger charge is -2.32. The van der Waals surface area contributed by atoms with E-state index in [4.69, 9.17) is 5.73 Å². The van der Waals surface area contributed by atoms with Gasteiger partial charge in [-0.05, 0) is 24.7 Å². The SMILES string of the molecule is CC(C)C(C)CC(=O)N1CCCC(N)C1.Cl. The highest BCUT2D eigenvalue weighted by molar-refractivity contribution is 5.85. The molecule has 2 atom stereocenters. The van der Waals surface area contributed by atoms with Crippen molar-refractivity contribution in [2.24, 2.45) is 17.6 Å². The fraction of sp³-hybridized carbons (Fsp3) is 0.917. The molecule has 1 rings (SSSR count). The number of carbonyl (C=O) groups is 1. The quantitative estimate of drug-likeness (QED) is 0.831. The maximum Gasteiger partial charge on any atom is 0.222 e. The first-order chi connectivity index (χ1) is 7.00. The monoisotopic (exact) mass is 248 g/mol. The van der Waals surface area contributed by atoms with Gasteiger partial charge in [0.2, 0.25) is 5.91 Å². The van der Waals surface area contributed by atoms with E-state index in [0.29, 0.717) is 18.3 Å². The number of likely N-dealkylation sites (tertiary alicyclic amines) is 1. The highest BCUT2D eigenvalue weighted by atomic mass is 35.5. The van der Waals surface area contributed by atoms with Crippen molar-refractivity contribution in [3.63, 3.8) is 0 Å². The Balaban J connectivity index is 0.00000225. The number of nitrogens with two attached hydrogens (primary N) is 1. The molecule has 16 heavy (non-hydrogen) atoms. The molecule has 4 heteroatoms. The number of carbonyl (C=O) groups excluding carboxylic acids is 1. The number of halogens is 1. The Hall–Kier alpha value is -0.280. The summed E-state index contributed by atoms with van der Waals surface area (Å²) >= 11 is 0. The van der Waals surface area contributed by atoms with Crippen molar-refractivity contribution >= 4 is 18.3 Å². The Labute approximate surface area is 105 Å². The second kappa shape index (κ2) is 7.13. The molecule has 3 nitrogen and oxygen atoms in total. The molecule has 2 unspecified atom stereocenters. The molecule has 0 aliphatic carbocycles. The van der Waals surface area contributed by atoms with Gasteiger partial charge in [-0.1, -0.05) is 20.8 Å². The van der Waals surface area contributed by atoms with Crippen LogP contribution in [0.2, 0.25) is 0 Å². The van der Waals surface area contributed by atoms with E-state index in [1.807, 2.05) is 4.90 Å². The van der Waals surface area contributed by atoms with Crippen LogP contribution in [0.1, 0.15) is 40.0 Å². The first kappa shape index (κ1) is 15.7. The van der Waals surface area contributed by atoms with Crippen molar-refractivity contribution in [1.82, 2.24) is 4.90 Å². The predicted octanol–water partition coefficient (Wildman–Crippen LogP) is 2.04. The van der Waals surface area contributed by atoms with Gasteiger partial charge in [0.15, 0.2) is 0 Å². The molecular weight excluding hydrogens is 224 g/mol. The smallest absolute Gasteiger partial charge is 0.222 e. The van der Waals surface area contributed by atoms with Gasteiger partial charge in [-0.15, -0.1) is 12.4 Å². The van der Waals surface area contributed by atoms with Crippen LogP contribution in [0.15, 0.2) is 0 Å². The minimum Gasteiger partial charge on any atom is -0.341 e. The van der Waals surface area contributed by atoms with E-state index in [-0.39, 0.29) is 24.4 Å². The standard InChI is InChI=1S/C12H24N2O.ClH/c1-9(2)10(3)7-12(15)14-6-4-5-11(13)8-14;/h9-11H,4-8,13H2,1-3H3;1H. The number of rotatable bonds is 3. The molecule has 2 N–H and O–H groups in total. The van der Waals surface area contributed by atoms with Gasteiger partial charge >= 0.3 is 0 Å². The summed E-state index contributed by atoms with van der Waals surface area (Å²) in [6, 6.07) is 0.192. The van der Waals surface area contributed by atoms with Crippen molar-refractivity contribution < 1.29 is 4.79 Å². The molecule has 0 aromatic carbocycles. The summed E-state index contributed by atoms with van der Waals surface area (Å²) in [4.78, 5) is 13.9. The molecule has 1 aliphatic rings. The van der Waals surface area contributed by atoms with Gasteiger partial charge < -0.3 is 10.6 Å². The van der Waals surface area contributed by atoms with Gasteiger partial charge in [0.05, 0.1) is 0 Å². The maximum absolute atomic E-state index is 11.9. The molecule has 0 saturated carbocycles. The van der Waals surface area contributed by atoms with Gasteiger partial charge in [-0.25, -0.2) is 0 Å². The Morgan fingerprint density at radius 2 is 2.06 bits per heavy atom. The van der Waals surface area contributed by atoms with E-state index in [1.165, 1.54) is 0 Å². The highest BCUT2D eigenvalue weighted by Gasteiger charge is 2.23. The summed E-state index contributed by atoms with van der Waals surface area (Å²) in [6.45, 7) is 8.13. The largest absolute Gasteiger partial charge is 0.341 e. The lowest BCUT2D eigenvalue weighted by Crippen LogP contribution is -2.46. The van der Waals surface area contributed by atoms with Crippen LogP contribution in [0.25, 0.3) is 0 Å². The van der Waals surface area contributed by atoms with E-state index in [0.717, 1.165) is 25.9 Å². The van der Waals surface area contributed by atoms with E-state index < -0.39 is 0 Å². The molecule has 1 aliphatic heterocycles. The normalized spacial score (nSPS) is 22.8. The van der Waals surface area contributed by atoms with Crippen molar-refractivity contribution in [2.45, 2.75) is 46.1 Å². The molecule has 96 valence electrons. The fourth-order valence-electron chi connectivity index (χ4n) is 1.88. The van der Waals surface area contributed by atoms with Crippen LogP contribution < -0.4 is 5.73 Å². The zero-order valence-corrected chi connectivity index (χ0v) is 11.4. The van der Waals surface area contributed by atoms with Gasteiger partial charge in [0.25, 0.3) is 0 Å². The van der Waals surface area contributed by atoms with Crippen LogP contribution in [-0.4, -0.2) is 29.9 Å². The minimum atomic E-state index is 0. The molecule has 0 spiro atoms. The van der Waals surface area contributed by atoms with E-state index in [1.54, 1.807) is 0 Å². The number of piperidine rings is 1. The Bertz CT molecular complexity index is 221. The molecule has 1 fully saturated rings. The van der Waals surface area contributed by atoms with E-state index >= 15 is 0 Å².